The van der Waals surface area contributed by atoms with Crippen LogP contribution in [0.4, 0.5) is 0 Å². The van der Waals surface area contributed by atoms with Crippen molar-refractivity contribution in [2.75, 3.05) is 13.1 Å². The summed E-state index contributed by atoms with van der Waals surface area (Å²) in [6, 6.07) is 3.81. The van der Waals surface area contributed by atoms with Gasteiger partial charge in [0.15, 0.2) is 5.96 Å². The molecule has 9 heteroatoms. The fourth-order valence-electron chi connectivity index (χ4n) is 3.18. The predicted molar refractivity (Wildman–Crippen MR) is 129 cm³/mol. The van der Waals surface area contributed by atoms with Crippen molar-refractivity contribution in [3.05, 3.63) is 17.0 Å². The Balaban J connectivity index is 0.00000392. The second-order valence-electron chi connectivity index (χ2n) is 7.76. The third-order valence-corrected chi connectivity index (χ3v) is 8.20. The molecule has 0 aromatic carbocycles. The molecule has 0 saturated carbocycles. The number of sulfonamides is 1. The monoisotopic (exact) mass is 542 g/mol. The number of hydrogen-bond donors (Lipinski definition) is 2. The molecule has 0 aliphatic carbocycles. The first-order chi connectivity index (χ1) is 12.8. The van der Waals surface area contributed by atoms with E-state index < -0.39 is 10.0 Å². The highest BCUT2D eigenvalue weighted by Crippen LogP contribution is 2.27. The summed E-state index contributed by atoms with van der Waals surface area (Å²) in [5.74, 6) is 1.14. The Morgan fingerprint density at radius 3 is 2.54 bits per heavy atom. The molecule has 1 unspecified atom stereocenters. The standard InChI is InChI=1S/C19H34N4O2S2.HI/c1-15(2)8-7-9-16(3)22-19(20)21-14-17-10-11-18(26-17)27(24,25)23-12-5-4-6-13-23;/h10-11,15-16H,4-9,12-14H2,1-3H3,(H3,20,21,22);1H. The molecule has 1 aliphatic rings. The zero-order valence-corrected chi connectivity index (χ0v) is 21.1. The van der Waals surface area contributed by atoms with E-state index in [9.17, 15) is 8.42 Å². The minimum atomic E-state index is -3.36. The Morgan fingerprint density at radius 1 is 1.21 bits per heavy atom. The summed E-state index contributed by atoms with van der Waals surface area (Å²) in [4.78, 5) is 5.28. The largest absolute Gasteiger partial charge is 0.370 e. The maximum Gasteiger partial charge on any atom is 0.252 e. The van der Waals surface area contributed by atoms with Crippen molar-refractivity contribution in [2.24, 2.45) is 16.6 Å². The second-order valence-corrected chi connectivity index (χ2v) is 11.1. The molecule has 0 radical (unpaired) electrons. The van der Waals surface area contributed by atoms with Gasteiger partial charge in [-0.25, -0.2) is 13.4 Å². The number of rotatable bonds is 9. The normalized spacial score (nSPS) is 17.4. The maximum absolute atomic E-state index is 12.7. The summed E-state index contributed by atoms with van der Waals surface area (Å²) in [5.41, 5.74) is 5.98. The highest BCUT2D eigenvalue weighted by atomic mass is 127. The molecular weight excluding hydrogens is 507 g/mol. The van der Waals surface area contributed by atoms with E-state index in [1.165, 1.54) is 24.2 Å². The lowest BCUT2D eigenvalue weighted by Crippen LogP contribution is -2.38. The van der Waals surface area contributed by atoms with Gasteiger partial charge >= 0.3 is 0 Å². The summed E-state index contributed by atoms with van der Waals surface area (Å²) >= 11 is 1.29. The lowest BCUT2D eigenvalue weighted by atomic mass is 10.0. The Labute approximate surface area is 191 Å². The number of guanidine groups is 1. The van der Waals surface area contributed by atoms with Crippen molar-refractivity contribution in [1.82, 2.24) is 9.62 Å². The molecule has 0 amide bonds. The van der Waals surface area contributed by atoms with E-state index >= 15 is 0 Å². The molecule has 1 atom stereocenters. The zero-order chi connectivity index (χ0) is 19.9. The van der Waals surface area contributed by atoms with Crippen LogP contribution in [0.3, 0.4) is 0 Å². The molecule has 1 saturated heterocycles. The highest BCUT2D eigenvalue weighted by Gasteiger charge is 2.27. The number of nitrogens with zero attached hydrogens (tertiary/aromatic N) is 2. The Kier molecular flexibility index (Phi) is 11.3. The number of nitrogens with one attached hydrogen (secondary N) is 1. The number of thiophene rings is 1. The summed E-state index contributed by atoms with van der Waals surface area (Å²) in [6.07, 6.45) is 6.44. The summed E-state index contributed by atoms with van der Waals surface area (Å²) in [7, 11) is -3.36. The zero-order valence-electron chi connectivity index (χ0n) is 17.2. The van der Waals surface area contributed by atoms with Gasteiger partial charge in [0.05, 0.1) is 6.54 Å². The van der Waals surface area contributed by atoms with E-state index in [1.54, 1.807) is 10.4 Å². The van der Waals surface area contributed by atoms with Crippen LogP contribution in [0.15, 0.2) is 21.3 Å². The molecule has 1 aromatic rings. The van der Waals surface area contributed by atoms with Crippen LogP contribution in [0, 0.1) is 5.92 Å². The third-order valence-electron chi connectivity index (χ3n) is 4.76. The Hall–Kier alpha value is -0.390. The molecule has 0 spiro atoms. The van der Waals surface area contributed by atoms with Gasteiger partial charge in [-0.3, -0.25) is 0 Å². The van der Waals surface area contributed by atoms with Gasteiger partial charge in [-0.05, 0) is 44.2 Å². The molecule has 6 nitrogen and oxygen atoms in total. The molecule has 162 valence electrons. The number of nitrogens with two attached hydrogens (primary N) is 1. The van der Waals surface area contributed by atoms with E-state index in [4.69, 9.17) is 5.73 Å². The maximum atomic E-state index is 12.7. The van der Waals surface area contributed by atoms with Crippen LogP contribution in [-0.2, 0) is 16.6 Å². The fraction of sp³-hybridized carbons (Fsp3) is 0.737. The van der Waals surface area contributed by atoms with Gasteiger partial charge in [0.1, 0.15) is 4.21 Å². The van der Waals surface area contributed by atoms with Gasteiger partial charge in [-0.15, -0.1) is 35.3 Å². The van der Waals surface area contributed by atoms with Crippen molar-refractivity contribution >= 4 is 51.3 Å². The molecule has 0 bridgehead atoms. The van der Waals surface area contributed by atoms with E-state index in [0.29, 0.717) is 29.8 Å². The van der Waals surface area contributed by atoms with Crippen molar-refractivity contribution in [2.45, 2.75) is 76.1 Å². The minimum Gasteiger partial charge on any atom is -0.370 e. The van der Waals surface area contributed by atoms with Gasteiger partial charge < -0.3 is 11.1 Å². The number of aliphatic imine (C=N–C) groups is 1. The van der Waals surface area contributed by atoms with Crippen LogP contribution in [0.2, 0.25) is 0 Å². The first-order valence-electron chi connectivity index (χ1n) is 9.94. The van der Waals surface area contributed by atoms with E-state index in [0.717, 1.165) is 36.5 Å². The van der Waals surface area contributed by atoms with E-state index in [2.05, 4.69) is 31.1 Å². The van der Waals surface area contributed by atoms with Crippen LogP contribution in [0.1, 0.15) is 64.2 Å². The molecule has 2 rings (SSSR count). The Bertz CT molecular complexity index is 713. The van der Waals surface area contributed by atoms with Crippen molar-refractivity contribution in [3.8, 4) is 0 Å². The van der Waals surface area contributed by atoms with E-state index in [1.807, 2.05) is 6.07 Å². The van der Waals surface area contributed by atoms with Crippen LogP contribution in [-0.4, -0.2) is 37.8 Å². The second kappa shape index (κ2) is 12.3. The van der Waals surface area contributed by atoms with Gasteiger partial charge in [0.25, 0.3) is 10.0 Å². The number of piperidine rings is 1. The van der Waals surface area contributed by atoms with E-state index in [-0.39, 0.29) is 30.0 Å². The summed E-state index contributed by atoms with van der Waals surface area (Å²) in [6.45, 7) is 8.22. The minimum absolute atomic E-state index is 0. The summed E-state index contributed by atoms with van der Waals surface area (Å²) < 4.78 is 27.4. The average molecular weight is 543 g/mol. The van der Waals surface area contributed by atoms with Crippen LogP contribution < -0.4 is 11.1 Å². The summed E-state index contributed by atoms with van der Waals surface area (Å²) in [5, 5.41) is 3.22. The third kappa shape index (κ3) is 8.16. The van der Waals surface area contributed by atoms with Crippen molar-refractivity contribution in [3.63, 3.8) is 0 Å². The predicted octanol–water partition coefficient (Wildman–Crippen LogP) is 4.16. The highest BCUT2D eigenvalue weighted by molar-refractivity contribution is 14.0. The van der Waals surface area contributed by atoms with Crippen molar-refractivity contribution < 1.29 is 8.42 Å². The molecule has 1 fully saturated rings. The molecule has 2 heterocycles. The lowest BCUT2D eigenvalue weighted by Gasteiger charge is -2.25. The Morgan fingerprint density at radius 2 is 1.89 bits per heavy atom. The molecule has 3 N–H and O–H groups in total. The van der Waals surface area contributed by atoms with Gasteiger partial charge in [-0.1, -0.05) is 33.1 Å². The lowest BCUT2D eigenvalue weighted by molar-refractivity contribution is 0.347. The molecule has 28 heavy (non-hydrogen) atoms. The van der Waals surface area contributed by atoms with Gasteiger partial charge in [-0.2, -0.15) is 4.31 Å². The quantitative estimate of drug-likeness (QED) is 0.279. The SMILES string of the molecule is CC(C)CCCC(C)NC(N)=NCc1ccc(S(=O)(=O)N2CCCCC2)s1.I. The van der Waals surface area contributed by atoms with Gasteiger partial charge in [0.2, 0.25) is 0 Å². The van der Waals surface area contributed by atoms with Crippen LogP contribution in [0.25, 0.3) is 0 Å². The van der Waals surface area contributed by atoms with Gasteiger partial charge in [0, 0.05) is 24.0 Å². The number of halogens is 1. The number of hydrogen-bond acceptors (Lipinski definition) is 4. The molecular formula is C19H35IN4O2S2. The smallest absolute Gasteiger partial charge is 0.252 e. The first kappa shape index (κ1) is 25.6. The fourth-order valence-corrected chi connectivity index (χ4v) is 6.13. The molecule has 1 aromatic heterocycles. The van der Waals surface area contributed by atoms with Crippen LogP contribution in [0.5, 0.6) is 0 Å². The topological polar surface area (TPSA) is 87.8 Å². The van der Waals surface area contributed by atoms with Crippen molar-refractivity contribution in [1.29, 1.82) is 0 Å². The average Bonchev–Trinajstić information content (AvgIpc) is 3.10. The molecule has 1 aliphatic heterocycles. The first-order valence-corrected chi connectivity index (χ1v) is 12.2. The van der Waals surface area contributed by atoms with Crippen LogP contribution >= 0.6 is 35.3 Å².